The van der Waals surface area contributed by atoms with Crippen LogP contribution in [0.5, 0.6) is 5.75 Å². The zero-order valence-electron chi connectivity index (χ0n) is 20.1. The Bertz CT molecular complexity index is 1300. The molecule has 5 nitrogen and oxygen atoms in total. The summed E-state index contributed by atoms with van der Waals surface area (Å²) >= 11 is 0. The van der Waals surface area contributed by atoms with Crippen LogP contribution in [0.3, 0.4) is 0 Å². The maximum absolute atomic E-state index is 13.3. The molecule has 1 saturated heterocycles. The first-order chi connectivity index (χ1) is 16.2. The minimum Gasteiger partial charge on any atom is -0.507 e. The van der Waals surface area contributed by atoms with Crippen LogP contribution < -0.4 is 9.64 Å². The second kappa shape index (κ2) is 9.18. The van der Waals surface area contributed by atoms with Crippen molar-refractivity contribution in [3.05, 3.63) is 100 Å². The van der Waals surface area contributed by atoms with Gasteiger partial charge in [-0.1, -0.05) is 36.4 Å². The van der Waals surface area contributed by atoms with Crippen LogP contribution in [-0.2, 0) is 9.59 Å². The van der Waals surface area contributed by atoms with Crippen molar-refractivity contribution in [3.8, 4) is 5.75 Å². The van der Waals surface area contributed by atoms with E-state index in [9.17, 15) is 14.7 Å². The van der Waals surface area contributed by atoms with Crippen molar-refractivity contribution in [2.45, 2.75) is 46.8 Å². The van der Waals surface area contributed by atoms with Gasteiger partial charge in [0.15, 0.2) is 0 Å². The number of hydrogen-bond donors (Lipinski definition) is 1. The zero-order chi connectivity index (χ0) is 24.6. The van der Waals surface area contributed by atoms with Crippen LogP contribution in [0.4, 0.5) is 5.69 Å². The number of nitrogens with zero attached hydrogens (tertiary/aromatic N) is 1. The van der Waals surface area contributed by atoms with Crippen LogP contribution in [0.15, 0.2) is 72.3 Å². The molecule has 0 aliphatic carbocycles. The smallest absolute Gasteiger partial charge is 0.300 e. The predicted molar refractivity (Wildman–Crippen MR) is 134 cm³/mol. The Morgan fingerprint density at radius 1 is 0.912 bits per heavy atom. The van der Waals surface area contributed by atoms with Crippen molar-refractivity contribution >= 4 is 23.1 Å². The summed E-state index contributed by atoms with van der Waals surface area (Å²) in [7, 11) is 0. The predicted octanol–water partition coefficient (Wildman–Crippen LogP) is 6.03. The van der Waals surface area contributed by atoms with E-state index >= 15 is 0 Å². The molecule has 1 fully saturated rings. The largest absolute Gasteiger partial charge is 0.507 e. The lowest BCUT2D eigenvalue weighted by Crippen LogP contribution is -2.29. The number of benzene rings is 3. The number of ether oxygens (including phenoxy) is 1. The van der Waals surface area contributed by atoms with Crippen LogP contribution in [0, 0.1) is 20.8 Å². The Morgan fingerprint density at radius 3 is 2.29 bits per heavy atom. The Labute approximate surface area is 200 Å². The third kappa shape index (κ3) is 4.21. The third-order valence-electron chi connectivity index (χ3n) is 6.02. The Balaban J connectivity index is 1.92. The molecule has 3 aromatic carbocycles. The number of aryl methyl sites for hydroxylation is 3. The average Bonchev–Trinajstić information content (AvgIpc) is 3.05. The molecule has 1 atom stereocenters. The number of aliphatic hydroxyl groups is 1. The van der Waals surface area contributed by atoms with Gasteiger partial charge in [-0.25, -0.2) is 0 Å². The number of rotatable bonds is 5. The first-order valence-corrected chi connectivity index (χ1v) is 11.4. The number of Topliss-reactive ketones (excluding diaryl/α,β-unsaturated/α-hetero) is 1. The van der Waals surface area contributed by atoms with Crippen LogP contribution in [0.25, 0.3) is 5.76 Å². The topological polar surface area (TPSA) is 66.8 Å². The van der Waals surface area contributed by atoms with Gasteiger partial charge in [0, 0.05) is 11.3 Å². The summed E-state index contributed by atoms with van der Waals surface area (Å²) in [5, 5.41) is 11.4. The molecule has 3 aromatic rings. The van der Waals surface area contributed by atoms with Crippen LogP contribution in [0.2, 0.25) is 0 Å². The SMILES string of the molecule is Cc1cccc(N2C(=O)C(=O)/C(=C(/O)c3ccc(OC(C)C)c(C)c3)C2c2ccccc2C)c1. The van der Waals surface area contributed by atoms with E-state index in [-0.39, 0.29) is 17.4 Å². The summed E-state index contributed by atoms with van der Waals surface area (Å²) in [6.45, 7) is 9.66. The molecule has 4 rings (SSSR count). The Kier molecular flexibility index (Phi) is 6.29. The van der Waals surface area contributed by atoms with Crippen molar-refractivity contribution in [1.82, 2.24) is 0 Å². The molecule has 1 aliphatic rings. The van der Waals surface area contributed by atoms with Gasteiger partial charge in [0.2, 0.25) is 0 Å². The van der Waals surface area contributed by atoms with Crippen LogP contribution in [0.1, 0.15) is 47.7 Å². The monoisotopic (exact) mass is 455 g/mol. The van der Waals surface area contributed by atoms with Gasteiger partial charge in [-0.2, -0.15) is 0 Å². The molecule has 174 valence electrons. The lowest BCUT2D eigenvalue weighted by Gasteiger charge is -2.27. The minimum absolute atomic E-state index is 0.0128. The highest BCUT2D eigenvalue weighted by atomic mass is 16.5. The van der Waals surface area contributed by atoms with E-state index in [1.165, 1.54) is 4.90 Å². The van der Waals surface area contributed by atoms with E-state index < -0.39 is 17.7 Å². The summed E-state index contributed by atoms with van der Waals surface area (Å²) in [6, 6.07) is 19.6. The first kappa shape index (κ1) is 23.3. The molecule has 0 radical (unpaired) electrons. The summed E-state index contributed by atoms with van der Waals surface area (Å²) in [5.41, 5.74) is 4.69. The van der Waals surface area contributed by atoms with Gasteiger partial charge in [0.1, 0.15) is 11.5 Å². The van der Waals surface area contributed by atoms with Gasteiger partial charge >= 0.3 is 0 Å². The number of amides is 1. The normalized spacial score (nSPS) is 17.5. The highest BCUT2D eigenvalue weighted by Gasteiger charge is 2.47. The van der Waals surface area contributed by atoms with Gasteiger partial charge in [0.25, 0.3) is 11.7 Å². The summed E-state index contributed by atoms with van der Waals surface area (Å²) < 4.78 is 5.81. The average molecular weight is 456 g/mol. The second-order valence-electron chi connectivity index (χ2n) is 9.01. The molecule has 0 spiro atoms. The fourth-order valence-electron chi connectivity index (χ4n) is 4.40. The standard InChI is InChI=1S/C29H29NO4/c1-17(2)34-24-14-13-21(16-20(24)5)27(31)25-26(23-12-7-6-10-19(23)4)30(29(33)28(25)32)22-11-8-9-18(3)15-22/h6-17,26,31H,1-5H3/b27-25+. The van der Waals surface area contributed by atoms with E-state index in [0.29, 0.717) is 17.0 Å². The summed E-state index contributed by atoms with van der Waals surface area (Å²) in [6.07, 6.45) is 0.0128. The van der Waals surface area contributed by atoms with Gasteiger partial charge in [-0.3, -0.25) is 14.5 Å². The number of carbonyl (C=O) groups is 2. The summed E-state index contributed by atoms with van der Waals surface area (Å²) in [4.78, 5) is 28.2. The molecule has 5 heteroatoms. The highest BCUT2D eigenvalue weighted by molar-refractivity contribution is 6.51. The van der Waals surface area contributed by atoms with Crippen molar-refractivity contribution in [2.75, 3.05) is 4.90 Å². The molecule has 1 amide bonds. The number of ketones is 1. The highest BCUT2D eigenvalue weighted by Crippen LogP contribution is 2.43. The number of carbonyl (C=O) groups excluding carboxylic acids is 2. The van der Waals surface area contributed by atoms with E-state index in [1.807, 2.05) is 83.1 Å². The van der Waals surface area contributed by atoms with Crippen molar-refractivity contribution in [3.63, 3.8) is 0 Å². The van der Waals surface area contributed by atoms with Gasteiger partial charge in [-0.15, -0.1) is 0 Å². The quantitative estimate of drug-likeness (QED) is 0.290. The third-order valence-corrected chi connectivity index (χ3v) is 6.02. The molecular weight excluding hydrogens is 426 g/mol. The van der Waals surface area contributed by atoms with Crippen LogP contribution >= 0.6 is 0 Å². The molecule has 1 aliphatic heterocycles. The fraction of sp³-hybridized carbons (Fsp3) is 0.241. The maximum Gasteiger partial charge on any atom is 0.300 e. The Hall–Kier alpha value is -3.86. The lowest BCUT2D eigenvalue weighted by atomic mass is 9.92. The molecule has 0 saturated carbocycles. The van der Waals surface area contributed by atoms with E-state index in [0.717, 1.165) is 22.3 Å². The molecule has 0 aromatic heterocycles. The number of aliphatic hydroxyl groups excluding tert-OH is 1. The van der Waals surface area contributed by atoms with E-state index in [4.69, 9.17) is 4.74 Å². The van der Waals surface area contributed by atoms with Gasteiger partial charge < -0.3 is 9.84 Å². The van der Waals surface area contributed by atoms with Crippen molar-refractivity contribution < 1.29 is 19.4 Å². The van der Waals surface area contributed by atoms with E-state index in [2.05, 4.69) is 0 Å². The van der Waals surface area contributed by atoms with Gasteiger partial charge in [0.05, 0.1) is 17.7 Å². The minimum atomic E-state index is -0.741. The van der Waals surface area contributed by atoms with Crippen LogP contribution in [-0.4, -0.2) is 22.9 Å². The first-order valence-electron chi connectivity index (χ1n) is 11.4. The lowest BCUT2D eigenvalue weighted by molar-refractivity contribution is -0.132. The van der Waals surface area contributed by atoms with E-state index in [1.54, 1.807) is 18.2 Å². The summed E-state index contributed by atoms with van der Waals surface area (Å²) in [5.74, 6) is -0.840. The maximum atomic E-state index is 13.3. The molecule has 1 heterocycles. The molecule has 1 N–H and O–H groups in total. The van der Waals surface area contributed by atoms with Crippen molar-refractivity contribution in [1.29, 1.82) is 0 Å². The van der Waals surface area contributed by atoms with Crippen molar-refractivity contribution in [2.24, 2.45) is 0 Å². The Morgan fingerprint density at radius 2 is 1.65 bits per heavy atom. The number of anilines is 1. The molecular formula is C29H29NO4. The second-order valence-corrected chi connectivity index (χ2v) is 9.01. The van der Waals surface area contributed by atoms with Gasteiger partial charge in [-0.05, 0) is 87.2 Å². The zero-order valence-corrected chi connectivity index (χ0v) is 20.1. The fourth-order valence-corrected chi connectivity index (χ4v) is 4.40. The molecule has 1 unspecified atom stereocenters. The molecule has 34 heavy (non-hydrogen) atoms. The number of hydrogen-bond acceptors (Lipinski definition) is 4. The molecule has 0 bridgehead atoms.